The van der Waals surface area contributed by atoms with Crippen LogP contribution in [0.1, 0.15) is 194 Å². The number of rotatable bonds is 42. The Morgan fingerprint density at radius 2 is 1.08 bits per heavy atom. The van der Waals surface area contributed by atoms with Crippen molar-refractivity contribution < 1.29 is 56.2 Å². The van der Waals surface area contributed by atoms with E-state index in [4.69, 9.17) is 23.5 Å². The van der Waals surface area contributed by atoms with Crippen LogP contribution in [0.5, 0.6) is 0 Å². The van der Waals surface area contributed by atoms with E-state index in [1.165, 1.54) is 122 Å². The van der Waals surface area contributed by atoms with Crippen molar-refractivity contribution in [3.8, 4) is 0 Å². The van der Waals surface area contributed by atoms with Crippen LogP contribution in [0.3, 0.4) is 0 Å². The fourth-order valence-electron chi connectivity index (χ4n) is 7.33. The predicted octanol–water partition coefficient (Wildman–Crippen LogP) is 10.7. The van der Waals surface area contributed by atoms with Crippen LogP contribution in [0.25, 0.3) is 0 Å². The van der Waals surface area contributed by atoms with Crippen LogP contribution in [-0.4, -0.2) is 97.5 Å². The third-order valence-corrected chi connectivity index (χ3v) is 11.4. The maximum Gasteiger partial charge on any atom is 0.397 e. The molecular formula is C49H88O12S. The zero-order valence-electron chi connectivity index (χ0n) is 38.7. The third-order valence-electron chi connectivity index (χ3n) is 11.0. The highest BCUT2D eigenvalue weighted by Crippen LogP contribution is 2.26. The van der Waals surface area contributed by atoms with Crippen LogP contribution in [-0.2, 0) is 38.3 Å². The van der Waals surface area contributed by atoms with Crippen LogP contribution >= 0.6 is 0 Å². The Bertz CT molecular complexity index is 1270. The van der Waals surface area contributed by atoms with Crippen LogP contribution in [0.2, 0.25) is 0 Å². The second-order valence-corrected chi connectivity index (χ2v) is 17.7. The van der Waals surface area contributed by atoms with Crippen LogP contribution < -0.4 is 0 Å². The number of hydrogen-bond acceptors (Lipinski definition) is 11. The number of aliphatic hydroxyl groups excluding tert-OH is 3. The monoisotopic (exact) mass is 901 g/mol. The van der Waals surface area contributed by atoms with Gasteiger partial charge in [0.2, 0.25) is 0 Å². The number of allylic oxidation sites excluding steroid dienone is 8. The van der Waals surface area contributed by atoms with Gasteiger partial charge in [-0.25, -0.2) is 4.18 Å². The summed E-state index contributed by atoms with van der Waals surface area (Å²) in [4.78, 5) is 12.8. The lowest BCUT2D eigenvalue weighted by molar-refractivity contribution is -0.301. The van der Waals surface area contributed by atoms with Gasteiger partial charge in [-0.2, -0.15) is 8.42 Å². The highest BCUT2D eigenvalue weighted by Gasteiger charge is 2.48. The number of hydrogen-bond donors (Lipinski definition) is 4. The van der Waals surface area contributed by atoms with Crippen molar-refractivity contribution in [3.05, 3.63) is 48.6 Å². The number of carbonyl (C=O) groups excluding carboxylic acids is 1. The zero-order chi connectivity index (χ0) is 45.4. The molecule has 1 rings (SSSR count). The average Bonchev–Trinajstić information content (AvgIpc) is 3.24. The lowest BCUT2D eigenvalue weighted by Crippen LogP contribution is -2.60. The Kier molecular flexibility index (Phi) is 38.0. The topological polar surface area (TPSA) is 178 Å². The van der Waals surface area contributed by atoms with Crippen molar-refractivity contribution in [2.45, 2.75) is 230 Å². The largest absolute Gasteiger partial charge is 0.457 e. The van der Waals surface area contributed by atoms with Gasteiger partial charge in [0.15, 0.2) is 6.29 Å². The van der Waals surface area contributed by atoms with Crippen molar-refractivity contribution in [3.63, 3.8) is 0 Å². The van der Waals surface area contributed by atoms with Gasteiger partial charge in [0.1, 0.15) is 30.5 Å². The van der Waals surface area contributed by atoms with Gasteiger partial charge >= 0.3 is 16.4 Å². The van der Waals surface area contributed by atoms with E-state index in [2.05, 4.69) is 54.5 Å². The van der Waals surface area contributed by atoms with Gasteiger partial charge in [0, 0.05) is 13.0 Å². The van der Waals surface area contributed by atoms with E-state index in [-0.39, 0.29) is 19.6 Å². The fourth-order valence-corrected chi connectivity index (χ4v) is 7.84. The number of aliphatic hydroxyl groups is 3. The Labute approximate surface area is 376 Å². The summed E-state index contributed by atoms with van der Waals surface area (Å²) >= 11 is 0. The summed E-state index contributed by atoms with van der Waals surface area (Å²) in [6.45, 7) is 3.80. The van der Waals surface area contributed by atoms with Gasteiger partial charge in [-0.3, -0.25) is 9.35 Å². The maximum absolute atomic E-state index is 12.8. The third kappa shape index (κ3) is 33.6. The van der Waals surface area contributed by atoms with Gasteiger partial charge in [-0.15, -0.1) is 0 Å². The van der Waals surface area contributed by atoms with Crippen molar-refractivity contribution in [1.29, 1.82) is 0 Å². The molecule has 0 aromatic rings. The van der Waals surface area contributed by atoms with Gasteiger partial charge in [0.05, 0.1) is 19.8 Å². The molecule has 0 aromatic carbocycles. The van der Waals surface area contributed by atoms with Crippen LogP contribution in [0, 0.1) is 0 Å². The molecule has 0 amide bonds. The summed E-state index contributed by atoms with van der Waals surface area (Å²) < 4.78 is 59.0. The predicted molar refractivity (Wildman–Crippen MR) is 248 cm³/mol. The molecule has 1 aliphatic rings. The summed E-state index contributed by atoms with van der Waals surface area (Å²) in [6.07, 6.45) is 40.3. The second-order valence-electron chi connectivity index (χ2n) is 16.7. The number of carbonyl (C=O) groups is 1. The highest BCUT2D eigenvalue weighted by molar-refractivity contribution is 7.80. The van der Waals surface area contributed by atoms with Gasteiger partial charge in [-0.05, 0) is 38.5 Å². The molecule has 1 saturated heterocycles. The summed E-state index contributed by atoms with van der Waals surface area (Å²) in [5.74, 6) is -0.477. The lowest BCUT2D eigenvalue weighted by Gasteiger charge is -2.41. The molecule has 0 radical (unpaired) electrons. The van der Waals surface area contributed by atoms with E-state index < -0.39 is 59.8 Å². The summed E-state index contributed by atoms with van der Waals surface area (Å²) in [6, 6.07) is 0. The van der Waals surface area contributed by atoms with E-state index in [0.29, 0.717) is 13.0 Å². The zero-order valence-corrected chi connectivity index (χ0v) is 39.5. The molecule has 0 aromatic heterocycles. The molecular weight excluding hydrogens is 813 g/mol. The van der Waals surface area contributed by atoms with Gasteiger partial charge in [0.25, 0.3) is 0 Å². The first-order chi connectivity index (χ1) is 30.1. The number of esters is 1. The second kappa shape index (κ2) is 40.6. The molecule has 0 bridgehead atoms. The number of unbranched alkanes of at least 4 members (excludes halogenated alkanes) is 21. The van der Waals surface area contributed by atoms with E-state index >= 15 is 0 Å². The molecule has 362 valence electrons. The maximum atomic E-state index is 12.8. The molecule has 1 aliphatic heterocycles. The normalized spacial score (nSPS) is 20.4. The molecule has 13 heteroatoms. The standard InChI is InChI=1S/C49H88O12S/c1-3-5-7-9-11-13-15-17-18-19-20-21-22-23-24-25-27-29-31-33-35-37-39-57-41-43(42-58-49-47(53)48(61-62(54,55)56)46(52)44(40-50)60-49)59-45(51)38-36-34-32-30-28-26-16-14-12-10-8-6-4-2/h6,8,12,14,26,28,32,34,43-44,46-50,52-53H,3-5,7,9-11,13,15-25,27,29-31,33,35-42H2,1-2H3,(H,54,55,56)/b8-6-,14-12-,28-26-,34-32-. The fraction of sp³-hybridized carbons (Fsp3) is 0.816. The Morgan fingerprint density at radius 1 is 0.629 bits per heavy atom. The van der Waals surface area contributed by atoms with E-state index in [0.717, 1.165) is 44.9 Å². The first-order valence-electron chi connectivity index (χ1n) is 24.4. The van der Waals surface area contributed by atoms with Gasteiger partial charge < -0.3 is 34.3 Å². The molecule has 12 nitrogen and oxygen atoms in total. The first-order valence-corrected chi connectivity index (χ1v) is 25.8. The van der Waals surface area contributed by atoms with Crippen molar-refractivity contribution in [1.82, 2.24) is 0 Å². The lowest BCUT2D eigenvalue weighted by atomic mass is 9.99. The summed E-state index contributed by atoms with van der Waals surface area (Å²) in [5, 5.41) is 30.7. The van der Waals surface area contributed by atoms with E-state index in [9.17, 15) is 28.5 Å². The minimum Gasteiger partial charge on any atom is -0.457 e. The molecule has 0 saturated carbocycles. The Balaban J connectivity index is 2.37. The molecule has 6 unspecified atom stereocenters. The summed E-state index contributed by atoms with van der Waals surface area (Å²) in [7, 11) is -5.07. The number of ether oxygens (including phenoxy) is 4. The van der Waals surface area contributed by atoms with E-state index in [1.54, 1.807) is 0 Å². The van der Waals surface area contributed by atoms with Crippen molar-refractivity contribution in [2.75, 3.05) is 26.4 Å². The average molecular weight is 901 g/mol. The highest BCUT2D eigenvalue weighted by atomic mass is 32.3. The minimum absolute atomic E-state index is 0.00871. The smallest absolute Gasteiger partial charge is 0.397 e. The van der Waals surface area contributed by atoms with Crippen LogP contribution in [0.4, 0.5) is 0 Å². The van der Waals surface area contributed by atoms with Crippen LogP contribution in [0.15, 0.2) is 48.6 Å². The first kappa shape index (κ1) is 58.1. The Morgan fingerprint density at radius 3 is 1.53 bits per heavy atom. The molecule has 4 N–H and O–H groups in total. The summed E-state index contributed by atoms with van der Waals surface area (Å²) in [5.41, 5.74) is 0. The molecule has 1 heterocycles. The SMILES string of the molecule is CC/C=C\C/C=C\C/C=C\C/C=C\CCC(=O)OC(COCCCCCCCCCCCCCCCCCCCCCCCC)COC1OC(CO)C(O)C(OS(=O)(=O)O)C1O. The molecule has 1 fully saturated rings. The van der Waals surface area contributed by atoms with Crippen molar-refractivity contribution in [2.24, 2.45) is 0 Å². The quantitative estimate of drug-likeness (QED) is 0.0198. The minimum atomic E-state index is -5.07. The van der Waals surface area contributed by atoms with E-state index in [1.807, 2.05) is 12.2 Å². The Hall–Kier alpha value is -1.94. The van der Waals surface area contributed by atoms with Crippen molar-refractivity contribution >= 4 is 16.4 Å². The van der Waals surface area contributed by atoms with Gasteiger partial charge in [-0.1, -0.05) is 197 Å². The molecule has 0 aliphatic carbocycles. The molecule has 6 atom stereocenters. The molecule has 62 heavy (non-hydrogen) atoms. The molecule has 0 spiro atoms.